The van der Waals surface area contributed by atoms with Crippen molar-refractivity contribution in [2.24, 2.45) is 0 Å². The molecular weight excluding hydrogens is 200 g/mol. The van der Waals surface area contributed by atoms with Crippen LogP contribution in [0.25, 0.3) is 0 Å². The van der Waals surface area contributed by atoms with Crippen molar-refractivity contribution in [2.45, 2.75) is 45.6 Å². The average Bonchev–Trinajstić information content (AvgIpc) is 2.27. The number of aliphatic hydroxyl groups is 1. The Bertz CT molecular complexity index is 277. The smallest absolute Gasteiger partial charge is 0.119 e. The van der Waals surface area contributed by atoms with Crippen molar-refractivity contribution in [3.8, 4) is 5.75 Å². The van der Waals surface area contributed by atoms with E-state index in [9.17, 15) is 0 Å². The summed E-state index contributed by atoms with van der Waals surface area (Å²) in [5, 5.41) is 9.09. The van der Waals surface area contributed by atoms with Gasteiger partial charge in [-0.3, -0.25) is 0 Å². The van der Waals surface area contributed by atoms with E-state index in [1.165, 1.54) is 12.0 Å². The number of ether oxygens (including phenoxy) is 1. The zero-order valence-electron chi connectivity index (χ0n) is 10.3. The fourth-order valence-electron chi connectivity index (χ4n) is 1.61. The standard InChI is InChI=1S/C14H22O2/c1-3-5-13-7-9-14(10-8-13)16-11-4-6-12(2)15/h7-10,12,15H,3-6,11H2,1-2H3. The molecule has 2 nitrogen and oxygen atoms in total. The average molecular weight is 222 g/mol. The summed E-state index contributed by atoms with van der Waals surface area (Å²) in [6, 6.07) is 8.28. The third kappa shape index (κ3) is 5.17. The van der Waals surface area contributed by atoms with Crippen molar-refractivity contribution < 1.29 is 9.84 Å². The minimum Gasteiger partial charge on any atom is -0.494 e. The Hall–Kier alpha value is -1.02. The molecule has 0 fully saturated rings. The topological polar surface area (TPSA) is 29.5 Å². The van der Waals surface area contributed by atoms with E-state index in [0.717, 1.165) is 25.0 Å². The molecule has 0 aromatic heterocycles. The maximum atomic E-state index is 9.09. The van der Waals surface area contributed by atoms with Crippen LogP contribution in [0.1, 0.15) is 38.7 Å². The number of hydrogen-bond acceptors (Lipinski definition) is 2. The maximum Gasteiger partial charge on any atom is 0.119 e. The summed E-state index contributed by atoms with van der Waals surface area (Å²) in [5.74, 6) is 0.922. The minimum absolute atomic E-state index is 0.226. The summed E-state index contributed by atoms with van der Waals surface area (Å²) in [4.78, 5) is 0. The zero-order chi connectivity index (χ0) is 11.8. The van der Waals surface area contributed by atoms with Crippen LogP contribution in [-0.2, 0) is 6.42 Å². The van der Waals surface area contributed by atoms with Crippen LogP contribution < -0.4 is 4.74 Å². The summed E-state index contributed by atoms with van der Waals surface area (Å²) in [6.07, 6.45) is 3.77. The van der Waals surface area contributed by atoms with Crippen LogP contribution in [0.5, 0.6) is 5.75 Å². The van der Waals surface area contributed by atoms with Crippen LogP contribution >= 0.6 is 0 Å². The van der Waals surface area contributed by atoms with Gasteiger partial charge in [-0.25, -0.2) is 0 Å². The molecule has 0 aliphatic heterocycles. The van der Waals surface area contributed by atoms with E-state index in [-0.39, 0.29) is 6.10 Å². The van der Waals surface area contributed by atoms with Gasteiger partial charge in [-0.15, -0.1) is 0 Å². The summed E-state index contributed by atoms with van der Waals surface area (Å²) < 4.78 is 5.58. The molecule has 16 heavy (non-hydrogen) atoms. The van der Waals surface area contributed by atoms with Gasteiger partial charge in [-0.2, -0.15) is 0 Å². The second kappa shape index (κ2) is 7.29. The van der Waals surface area contributed by atoms with Crippen molar-refractivity contribution >= 4 is 0 Å². The van der Waals surface area contributed by atoms with E-state index in [1.54, 1.807) is 6.92 Å². The van der Waals surface area contributed by atoms with Crippen LogP contribution in [-0.4, -0.2) is 17.8 Å². The summed E-state index contributed by atoms with van der Waals surface area (Å²) in [7, 11) is 0. The lowest BCUT2D eigenvalue weighted by molar-refractivity contribution is 0.170. The highest BCUT2D eigenvalue weighted by Gasteiger charge is 1.97. The van der Waals surface area contributed by atoms with Crippen LogP contribution in [0.3, 0.4) is 0 Å². The first-order valence-corrected chi connectivity index (χ1v) is 6.12. The highest BCUT2D eigenvalue weighted by molar-refractivity contribution is 5.27. The SMILES string of the molecule is CCCc1ccc(OCCCC(C)O)cc1. The Morgan fingerprint density at radius 3 is 2.50 bits per heavy atom. The normalized spacial score (nSPS) is 12.4. The van der Waals surface area contributed by atoms with E-state index in [0.29, 0.717) is 6.61 Å². The van der Waals surface area contributed by atoms with Gasteiger partial charge in [0.15, 0.2) is 0 Å². The molecular formula is C14H22O2. The van der Waals surface area contributed by atoms with E-state index in [1.807, 2.05) is 12.1 Å². The highest BCUT2D eigenvalue weighted by Crippen LogP contribution is 2.13. The molecule has 1 atom stereocenters. The lowest BCUT2D eigenvalue weighted by Gasteiger charge is -2.08. The van der Waals surface area contributed by atoms with Gasteiger partial charge in [0, 0.05) is 0 Å². The van der Waals surface area contributed by atoms with Crippen LogP contribution in [0.4, 0.5) is 0 Å². The first kappa shape index (κ1) is 13.0. The molecule has 0 amide bonds. The van der Waals surface area contributed by atoms with Crippen LogP contribution in [0.2, 0.25) is 0 Å². The summed E-state index contributed by atoms with van der Waals surface area (Å²) >= 11 is 0. The Balaban J connectivity index is 2.26. The van der Waals surface area contributed by atoms with Crippen molar-refractivity contribution in [1.82, 2.24) is 0 Å². The summed E-state index contributed by atoms with van der Waals surface area (Å²) in [5.41, 5.74) is 1.36. The molecule has 1 rings (SSSR count). The second-order valence-corrected chi connectivity index (χ2v) is 4.23. The molecule has 0 saturated heterocycles. The third-order valence-electron chi connectivity index (χ3n) is 2.50. The molecule has 0 heterocycles. The van der Waals surface area contributed by atoms with Crippen molar-refractivity contribution in [2.75, 3.05) is 6.61 Å². The van der Waals surface area contributed by atoms with Gasteiger partial charge in [0.1, 0.15) is 5.75 Å². The van der Waals surface area contributed by atoms with Crippen molar-refractivity contribution in [3.63, 3.8) is 0 Å². The quantitative estimate of drug-likeness (QED) is 0.718. The van der Waals surface area contributed by atoms with Gasteiger partial charge in [0.25, 0.3) is 0 Å². The molecule has 0 aliphatic rings. The van der Waals surface area contributed by atoms with Crippen LogP contribution in [0, 0.1) is 0 Å². The van der Waals surface area contributed by atoms with Gasteiger partial charge >= 0.3 is 0 Å². The van der Waals surface area contributed by atoms with Crippen molar-refractivity contribution in [3.05, 3.63) is 29.8 Å². The lowest BCUT2D eigenvalue weighted by Crippen LogP contribution is -2.04. The molecule has 1 N–H and O–H groups in total. The van der Waals surface area contributed by atoms with E-state index in [2.05, 4.69) is 19.1 Å². The molecule has 90 valence electrons. The first-order valence-electron chi connectivity index (χ1n) is 6.12. The third-order valence-corrected chi connectivity index (χ3v) is 2.50. The van der Waals surface area contributed by atoms with E-state index in [4.69, 9.17) is 9.84 Å². The molecule has 0 saturated carbocycles. The molecule has 0 aliphatic carbocycles. The maximum absolute atomic E-state index is 9.09. The van der Waals surface area contributed by atoms with E-state index >= 15 is 0 Å². The van der Waals surface area contributed by atoms with Gasteiger partial charge in [-0.1, -0.05) is 25.5 Å². The Morgan fingerprint density at radius 1 is 1.25 bits per heavy atom. The molecule has 0 radical (unpaired) electrons. The summed E-state index contributed by atoms with van der Waals surface area (Å²) in [6.45, 7) is 4.66. The number of hydrogen-bond donors (Lipinski definition) is 1. The second-order valence-electron chi connectivity index (χ2n) is 4.23. The number of aliphatic hydroxyl groups excluding tert-OH is 1. The molecule has 1 aromatic rings. The predicted molar refractivity (Wildman–Crippen MR) is 66.8 cm³/mol. The molecule has 1 unspecified atom stereocenters. The van der Waals surface area contributed by atoms with E-state index < -0.39 is 0 Å². The Labute approximate surface area is 98.3 Å². The molecule has 1 aromatic carbocycles. The molecule has 2 heteroatoms. The van der Waals surface area contributed by atoms with Crippen molar-refractivity contribution in [1.29, 1.82) is 0 Å². The molecule has 0 bridgehead atoms. The Kier molecular flexibility index (Phi) is 5.94. The first-order chi connectivity index (χ1) is 7.72. The van der Waals surface area contributed by atoms with Gasteiger partial charge in [0.2, 0.25) is 0 Å². The largest absolute Gasteiger partial charge is 0.494 e. The number of benzene rings is 1. The zero-order valence-corrected chi connectivity index (χ0v) is 10.3. The number of rotatable bonds is 7. The van der Waals surface area contributed by atoms with Gasteiger partial charge in [-0.05, 0) is 43.9 Å². The predicted octanol–water partition coefficient (Wildman–Crippen LogP) is 3.18. The lowest BCUT2D eigenvalue weighted by atomic mass is 10.1. The van der Waals surface area contributed by atoms with Gasteiger partial charge < -0.3 is 9.84 Å². The number of aryl methyl sites for hydroxylation is 1. The van der Waals surface area contributed by atoms with Gasteiger partial charge in [0.05, 0.1) is 12.7 Å². The van der Waals surface area contributed by atoms with Crippen LogP contribution in [0.15, 0.2) is 24.3 Å². The minimum atomic E-state index is -0.226. The Morgan fingerprint density at radius 2 is 1.94 bits per heavy atom. The fraction of sp³-hybridized carbons (Fsp3) is 0.571. The highest BCUT2D eigenvalue weighted by atomic mass is 16.5. The fourth-order valence-corrected chi connectivity index (χ4v) is 1.61. The monoisotopic (exact) mass is 222 g/mol. The molecule has 0 spiro atoms.